The Balaban J connectivity index is 2.48. The van der Waals surface area contributed by atoms with Crippen LogP contribution in [0.4, 0.5) is 0 Å². The van der Waals surface area contributed by atoms with Gasteiger partial charge in [-0.3, -0.25) is 4.79 Å². The maximum absolute atomic E-state index is 11.7. The summed E-state index contributed by atoms with van der Waals surface area (Å²) in [4.78, 5) is 11.7. The summed E-state index contributed by atoms with van der Waals surface area (Å²) < 4.78 is 6.04. The van der Waals surface area contributed by atoms with Crippen molar-refractivity contribution in [2.45, 2.75) is 32.2 Å². The first-order chi connectivity index (χ1) is 9.10. The number of aliphatic hydroxyl groups is 1. The third kappa shape index (κ3) is 5.20. The molecule has 1 unspecified atom stereocenters. The zero-order valence-corrected chi connectivity index (χ0v) is 12.9. The third-order valence-electron chi connectivity index (χ3n) is 2.94. The van der Waals surface area contributed by atoms with Gasteiger partial charge in [0.1, 0.15) is 5.75 Å². The molecule has 0 radical (unpaired) electrons. The molecule has 1 amide bonds. The number of rotatable bonds is 7. The molecule has 1 aromatic carbocycles. The minimum absolute atomic E-state index is 0.0175. The van der Waals surface area contributed by atoms with E-state index < -0.39 is 0 Å². The Labute approximate surface area is 122 Å². The summed E-state index contributed by atoms with van der Waals surface area (Å²) in [5.74, 6) is 0.743. The predicted molar refractivity (Wildman–Crippen MR) is 78.3 cm³/mol. The fraction of sp³-hybridized carbons (Fsp3) is 0.500. The highest BCUT2D eigenvalue weighted by molar-refractivity contribution is 9.10. The number of nitrogens with one attached hydrogen (secondary N) is 1. The highest BCUT2D eigenvalue weighted by atomic mass is 79.9. The highest BCUT2D eigenvalue weighted by Crippen LogP contribution is 2.25. The molecule has 0 heterocycles. The number of aliphatic hydroxyl groups excluding tert-OH is 1. The molecular weight excluding hydrogens is 310 g/mol. The van der Waals surface area contributed by atoms with Crippen molar-refractivity contribution in [3.05, 3.63) is 28.2 Å². The van der Waals surface area contributed by atoms with Crippen LogP contribution in [0.1, 0.15) is 25.3 Å². The fourth-order valence-electron chi connectivity index (χ4n) is 1.70. The van der Waals surface area contributed by atoms with Gasteiger partial charge in [0.2, 0.25) is 5.91 Å². The summed E-state index contributed by atoms with van der Waals surface area (Å²) in [6.45, 7) is 1.91. The average Bonchev–Trinajstić information content (AvgIpc) is 2.42. The summed E-state index contributed by atoms with van der Waals surface area (Å²) in [6, 6.07) is 5.63. The molecule has 0 saturated heterocycles. The minimum atomic E-state index is -0.143. The molecule has 2 N–H and O–H groups in total. The second-order valence-electron chi connectivity index (χ2n) is 4.32. The van der Waals surface area contributed by atoms with Crippen LogP contribution in [0, 0.1) is 0 Å². The zero-order valence-electron chi connectivity index (χ0n) is 11.3. The van der Waals surface area contributed by atoms with Crippen LogP contribution in [-0.4, -0.2) is 30.8 Å². The van der Waals surface area contributed by atoms with Crippen LogP contribution in [0.25, 0.3) is 0 Å². The van der Waals surface area contributed by atoms with Gasteiger partial charge >= 0.3 is 0 Å². The van der Waals surface area contributed by atoms with E-state index in [2.05, 4.69) is 21.2 Å². The minimum Gasteiger partial charge on any atom is -0.496 e. The molecule has 106 valence electrons. The average molecular weight is 330 g/mol. The number of methoxy groups -OCH3 is 1. The van der Waals surface area contributed by atoms with Crippen LogP contribution in [-0.2, 0) is 11.2 Å². The van der Waals surface area contributed by atoms with Crippen molar-refractivity contribution in [1.82, 2.24) is 5.32 Å². The van der Waals surface area contributed by atoms with Gasteiger partial charge in [0.15, 0.2) is 0 Å². The SMILES string of the molecule is CCC(CO)NC(=O)CCc1ccc(OC)c(Br)c1. The molecule has 0 aliphatic heterocycles. The van der Waals surface area contributed by atoms with Crippen molar-refractivity contribution < 1.29 is 14.6 Å². The molecule has 0 spiro atoms. The van der Waals surface area contributed by atoms with Crippen molar-refractivity contribution in [1.29, 1.82) is 0 Å². The summed E-state index contributed by atoms with van der Waals surface area (Å²) in [7, 11) is 1.62. The molecule has 4 nitrogen and oxygen atoms in total. The molecule has 5 heteroatoms. The smallest absolute Gasteiger partial charge is 0.220 e. The number of carbonyl (C=O) groups is 1. The maximum Gasteiger partial charge on any atom is 0.220 e. The van der Waals surface area contributed by atoms with Crippen molar-refractivity contribution in [2.75, 3.05) is 13.7 Å². The van der Waals surface area contributed by atoms with Crippen LogP contribution in [0.5, 0.6) is 5.75 Å². The van der Waals surface area contributed by atoms with Crippen molar-refractivity contribution in [3.8, 4) is 5.75 Å². The zero-order chi connectivity index (χ0) is 14.3. The molecule has 1 rings (SSSR count). The lowest BCUT2D eigenvalue weighted by Gasteiger charge is -2.14. The number of amides is 1. The second kappa shape index (κ2) is 8.17. The van der Waals surface area contributed by atoms with E-state index in [1.807, 2.05) is 25.1 Å². The van der Waals surface area contributed by atoms with Crippen molar-refractivity contribution in [2.24, 2.45) is 0 Å². The van der Waals surface area contributed by atoms with Gasteiger partial charge in [-0.05, 0) is 46.5 Å². The van der Waals surface area contributed by atoms with Crippen LogP contribution in [0.2, 0.25) is 0 Å². The molecular formula is C14H20BrNO3. The van der Waals surface area contributed by atoms with E-state index in [0.29, 0.717) is 12.8 Å². The van der Waals surface area contributed by atoms with Crippen LogP contribution in [0.3, 0.4) is 0 Å². The molecule has 0 aromatic heterocycles. The Morgan fingerprint density at radius 3 is 2.79 bits per heavy atom. The molecule has 0 fully saturated rings. The maximum atomic E-state index is 11.7. The van der Waals surface area contributed by atoms with Crippen LogP contribution < -0.4 is 10.1 Å². The van der Waals surface area contributed by atoms with Crippen molar-refractivity contribution in [3.63, 3.8) is 0 Å². The number of aryl methyl sites for hydroxylation is 1. The monoisotopic (exact) mass is 329 g/mol. The van der Waals surface area contributed by atoms with E-state index in [4.69, 9.17) is 9.84 Å². The van der Waals surface area contributed by atoms with E-state index in [0.717, 1.165) is 22.2 Å². The largest absolute Gasteiger partial charge is 0.496 e. The van der Waals surface area contributed by atoms with Gasteiger partial charge in [0.25, 0.3) is 0 Å². The van der Waals surface area contributed by atoms with E-state index in [9.17, 15) is 4.79 Å². The molecule has 1 atom stereocenters. The fourth-order valence-corrected chi connectivity index (χ4v) is 2.29. The van der Waals surface area contributed by atoms with Gasteiger partial charge < -0.3 is 15.2 Å². The molecule has 19 heavy (non-hydrogen) atoms. The van der Waals surface area contributed by atoms with E-state index in [1.165, 1.54) is 0 Å². The van der Waals surface area contributed by atoms with Crippen LogP contribution >= 0.6 is 15.9 Å². The summed E-state index contributed by atoms with van der Waals surface area (Å²) in [5.41, 5.74) is 1.07. The van der Waals surface area contributed by atoms with Gasteiger partial charge in [-0.1, -0.05) is 13.0 Å². The molecule has 0 bridgehead atoms. The standard InChI is InChI=1S/C14H20BrNO3/c1-3-11(9-17)16-14(18)7-5-10-4-6-13(19-2)12(15)8-10/h4,6,8,11,17H,3,5,7,9H2,1-2H3,(H,16,18). The summed E-state index contributed by atoms with van der Waals surface area (Å²) in [6.07, 6.45) is 1.81. The van der Waals surface area contributed by atoms with Gasteiger partial charge in [-0.15, -0.1) is 0 Å². The Morgan fingerprint density at radius 2 is 2.26 bits per heavy atom. The number of carbonyl (C=O) groups excluding carboxylic acids is 1. The van der Waals surface area contributed by atoms with Gasteiger partial charge in [0.05, 0.1) is 24.2 Å². The Bertz CT molecular complexity index is 419. The Morgan fingerprint density at radius 1 is 1.53 bits per heavy atom. The highest BCUT2D eigenvalue weighted by Gasteiger charge is 2.09. The number of benzene rings is 1. The number of hydrogen-bond donors (Lipinski definition) is 2. The number of halogens is 1. The molecule has 0 saturated carbocycles. The van der Waals surface area contributed by atoms with E-state index in [1.54, 1.807) is 7.11 Å². The quantitative estimate of drug-likeness (QED) is 0.806. The predicted octanol–water partition coefficient (Wildman–Crippen LogP) is 2.28. The first-order valence-electron chi connectivity index (χ1n) is 6.33. The van der Waals surface area contributed by atoms with Gasteiger partial charge in [0, 0.05) is 6.42 Å². The first kappa shape index (κ1) is 16.0. The number of hydrogen-bond acceptors (Lipinski definition) is 3. The van der Waals surface area contributed by atoms with Gasteiger partial charge in [-0.25, -0.2) is 0 Å². The van der Waals surface area contributed by atoms with E-state index in [-0.39, 0.29) is 18.6 Å². The van der Waals surface area contributed by atoms with E-state index >= 15 is 0 Å². The molecule has 1 aromatic rings. The van der Waals surface area contributed by atoms with Gasteiger partial charge in [-0.2, -0.15) is 0 Å². The second-order valence-corrected chi connectivity index (χ2v) is 5.18. The molecule has 0 aliphatic carbocycles. The Hall–Kier alpha value is -1.07. The summed E-state index contributed by atoms with van der Waals surface area (Å²) in [5, 5.41) is 11.8. The third-order valence-corrected chi connectivity index (χ3v) is 3.55. The first-order valence-corrected chi connectivity index (χ1v) is 7.12. The lowest BCUT2D eigenvalue weighted by atomic mass is 10.1. The Kier molecular flexibility index (Phi) is 6.87. The van der Waals surface area contributed by atoms with Crippen LogP contribution in [0.15, 0.2) is 22.7 Å². The lowest BCUT2D eigenvalue weighted by molar-refractivity contribution is -0.122. The normalized spacial score (nSPS) is 12.0. The molecule has 0 aliphatic rings. The number of ether oxygens (including phenoxy) is 1. The summed E-state index contributed by atoms with van der Waals surface area (Å²) >= 11 is 3.42. The topological polar surface area (TPSA) is 58.6 Å². The van der Waals surface area contributed by atoms with Crippen molar-refractivity contribution >= 4 is 21.8 Å². The lowest BCUT2D eigenvalue weighted by Crippen LogP contribution is -2.37.